The first-order valence-electron chi connectivity index (χ1n) is 12.5. The zero-order valence-electron chi connectivity index (χ0n) is 22.7. The van der Waals surface area contributed by atoms with Gasteiger partial charge in [-0.1, -0.05) is 43.6 Å². The Balaban J connectivity index is 1.77. The highest BCUT2D eigenvalue weighted by molar-refractivity contribution is 6.31. The molecule has 0 saturated carbocycles. The summed E-state index contributed by atoms with van der Waals surface area (Å²) < 4.78 is 8.83. The van der Waals surface area contributed by atoms with E-state index in [1.165, 1.54) is 4.68 Å². The highest BCUT2D eigenvalue weighted by Gasteiger charge is 2.28. The fourth-order valence-electron chi connectivity index (χ4n) is 4.29. The number of hydrogen-bond acceptors (Lipinski definition) is 5. The predicted octanol–water partition coefficient (Wildman–Crippen LogP) is 4.29. The number of nitrogens with one attached hydrogen (secondary N) is 3. The average Bonchev–Trinajstić information content (AvgIpc) is 3.12. The van der Waals surface area contributed by atoms with Crippen LogP contribution in [0.25, 0.3) is 5.69 Å². The second kappa shape index (κ2) is 12.3. The minimum atomic E-state index is -0.605. The number of nitrogens with zero attached hydrogens (tertiary/aromatic N) is 2. The number of anilines is 1. The van der Waals surface area contributed by atoms with Crippen molar-refractivity contribution in [2.24, 2.45) is 12.5 Å². The summed E-state index contributed by atoms with van der Waals surface area (Å²) in [5, 5.41) is 9.31. The molecule has 3 N–H and O–H groups in total. The fraction of sp³-hybridized carbons (Fsp3) is 0.393. The molecule has 2 aromatic carbocycles. The topological polar surface area (TPSA) is 106 Å². The van der Waals surface area contributed by atoms with Gasteiger partial charge in [0.1, 0.15) is 11.4 Å². The van der Waals surface area contributed by atoms with Crippen LogP contribution in [0.15, 0.2) is 53.3 Å². The molecule has 0 aliphatic rings. The van der Waals surface area contributed by atoms with Gasteiger partial charge in [0.05, 0.1) is 23.6 Å². The lowest BCUT2D eigenvalue weighted by Gasteiger charge is -2.25. The van der Waals surface area contributed by atoms with Crippen LogP contribution in [-0.2, 0) is 11.8 Å². The van der Waals surface area contributed by atoms with Crippen molar-refractivity contribution in [3.05, 3.63) is 75.2 Å². The van der Waals surface area contributed by atoms with Crippen molar-refractivity contribution < 1.29 is 14.3 Å². The average molecular weight is 542 g/mol. The Kier molecular flexibility index (Phi) is 9.40. The van der Waals surface area contributed by atoms with Crippen LogP contribution < -0.4 is 26.2 Å². The molecule has 0 radical (unpaired) electrons. The zero-order valence-corrected chi connectivity index (χ0v) is 23.5. The van der Waals surface area contributed by atoms with Crippen molar-refractivity contribution in [1.29, 1.82) is 0 Å². The standard InChI is InChI=1S/C28H36ClN5O4/c1-7-38-22-14-13-19(29)15-21(22)26(36)31-17-28(3,4)16-23(35)32-24-25(18(2)30-5)33(6)34(27(24)37)20-11-9-8-10-12-20/h8-15,18,30H,7,16-17H2,1-6H3,(H,31,36)(H,32,35). The van der Waals surface area contributed by atoms with Gasteiger partial charge in [-0.15, -0.1) is 0 Å². The summed E-state index contributed by atoms with van der Waals surface area (Å²) >= 11 is 6.09. The lowest BCUT2D eigenvalue weighted by molar-refractivity contribution is -0.118. The number of carbonyl (C=O) groups excluding carboxylic acids is 2. The Bertz CT molecular complexity index is 1350. The molecular formula is C28H36ClN5O4. The molecule has 3 rings (SSSR count). The summed E-state index contributed by atoms with van der Waals surface area (Å²) in [7, 11) is 3.59. The largest absolute Gasteiger partial charge is 0.493 e. The second-order valence-electron chi connectivity index (χ2n) is 9.89. The molecule has 1 heterocycles. The number of halogens is 1. The van der Waals surface area contributed by atoms with Gasteiger partial charge in [-0.3, -0.25) is 19.1 Å². The minimum Gasteiger partial charge on any atom is -0.493 e. The minimum absolute atomic E-state index is 0.0776. The van der Waals surface area contributed by atoms with Crippen LogP contribution in [0.5, 0.6) is 5.75 Å². The van der Waals surface area contributed by atoms with Crippen molar-refractivity contribution in [3.8, 4) is 11.4 Å². The van der Waals surface area contributed by atoms with Gasteiger partial charge in [0.15, 0.2) is 0 Å². The number of amides is 2. The van der Waals surface area contributed by atoms with E-state index < -0.39 is 5.41 Å². The first-order valence-corrected chi connectivity index (χ1v) is 12.9. The van der Waals surface area contributed by atoms with Crippen LogP contribution in [0.3, 0.4) is 0 Å². The van der Waals surface area contributed by atoms with E-state index in [1.807, 2.05) is 58.0 Å². The molecule has 9 nitrogen and oxygen atoms in total. The molecule has 204 valence electrons. The molecule has 0 bridgehead atoms. The van der Waals surface area contributed by atoms with Crippen molar-refractivity contribution in [2.75, 3.05) is 25.5 Å². The summed E-state index contributed by atoms with van der Waals surface area (Å²) in [6, 6.07) is 13.9. The third-order valence-corrected chi connectivity index (χ3v) is 6.51. The van der Waals surface area contributed by atoms with Crippen LogP contribution in [0.2, 0.25) is 5.02 Å². The number of aromatic nitrogens is 2. The number of ether oxygens (including phenoxy) is 1. The van der Waals surface area contributed by atoms with E-state index in [1.54, 1.807) is 37.0 Å². The molecule has 0 spiro atoms. The monoisotopic (exact) mass is 541 g/mol. The van der Waals surface area contributed by atoms with Gasteiger partial charge < -0.3 is 20.7 Å². The summed E-state index contributed by atoms with van der Waals surface area (Å²) in [5.74, 6) is -0.229. The molecule has 0 aliphatic carbocycles. The van der Waals surface area contributed by atoms with Crippen molar-refractivity contribution in [3.63, 3.8) is 0 Å². The van der Waals surface area contributed by atoms with Crippen LogP contribution in [-0.4, -0.2) is 41.4 Å². The van der Waals surface area contributed by atoms with E-state index in [0.29, 0.717) is 34.3 Å². The Labute approximate surface area is 228 Å². The smallest absolute Gasteiger partial charge is 0.295 e. The van der Waals surface area contributed by atoms with Crippen LogP contribution in [0, 0.1) is 5.41 Å². The Hall–Kier alpha value is -3.56. The summed E-state index contributed by atoms with van der Waals surface area (Å²) in [6.07, 6.45) is 0.0776. The Morgan fingerprint density at radius 1 is 1.13 bits per heavy atom. The SMILES string of the molecule is CCOc1ccc(Cl)cc1C(=O)NCC(C)(C)CC(=O)Nc1c(C(C)NC)n(C)n(-c2ccccc2)c1=O. The van der Waals surface area contributed by atoms with E-state index in [4.69, 9.17) is 16.3 Å². The van der Waals surface area contributed by atoms with Gasteiger partial charge in [-0.05, 0) is 56.6 Å². The second-order valence-corrected chi connectivity index (χ2v) is 10.3. The first-order chi connectivity index (χ1) is 18.0. The number of benzene rings is 2. The van der Waals surface area contributed by atoms with Crippen LogP contribution in [0.4, 0.5) is 5.69 Å². The molecule has 10 heteroatoms. The Morgan fingerprint density at radius 3 is 2.45 bits per heavy atom. The van der Waals surface area contributed by atoms with Crippen LogP contribution >= 0.6 is 11.6 Å². The van der Waals surface area contributed by atoms with Gasteiger partial charge in [-0.2, -0.15) is 0 Å². The molecule has 0 saturated heterocycles. The Morgan fingerprint density at radius 2 is 1.82 bits per heavy atom. The van der Waals surface area contributed by atoms with Gasteiger partial charge in [0.25, 0.3) is 11.5 Å². The number of carbonyl (C=O) groups is 2. The lowest BCUT2D eigenvalue weighted by Crippen LogP contribution is -2.37. The van der Waals surface area contributed by atoms with E-state index in [2.05, 4.69) is 16.0 Å². The maximum atomic E-state index is 13.4. The lowest BCUT2D eigenvalue weighted by atomic mass is 9.88. The van der Waals surface area contributed by atoms with Crippen molar-refractivity contribution in [2.45, 2.75) is 40.2 Å². The van der Waals surface area contributed by atoms with Crippen molar-refractivity contribution >= 4 is 29.1 Å². The molecule has 3 aromatic rings. The molecule has 0 aliphatic heterocycles. The molecule has 0 fully saturated rings. The van der Waals surface area contributed by atoms with E-state index in [0.717, 1.165) is 0 Å². The molecule has 1 unspecified atom stereocenters. The van der Waals surface area contributed by atoms with Gasteiger partial charge in [0.2, 0.25) is 5.91 Å². The highest BCUT2D eigenvalue weighted by Crippen LogP contribution is 2.26. The number of hydrogen-bond donors (Lipinski definition) is 3. The third-order valence-electron chi connectivity index (χ3n) is 6.27. The maximum Gasteiger partial charge on any atom is 0.295 e. The number of rotatable bonds is 11. The molecular weight excluding hydrogens is 506 g/mol. The summed E-state index contributed by atoms with van der Waals surface area (Å²) in [6.45, 7) is 8.14. The van der Waals surface area contributed by atoms with Gasteiger partial charge >= 0.3 is 0 Å². The number of para-hydroxylation sites is 1. The third kappa shape index (κ3) is 6.65. The summed E-state index contributed by atoms with van der Waals surface area (Å²) in [4.78, 5) is 39.5. The van der Waals surface area contributed by atoms with Gasteiger partial charge in [0, 0.05) is 31.1 Å². The molecule has 38 heavy (non-hydrogen) atoms. The molecule has 1 aromatic heterocycles. The van der Waals surface area contributed by atoms with Crippen molar-refractivity contribution in [1.82, 2.24) is 20.0 Å². The molecule has 1 atom stereocenters. The van der Waals surface area contributed by atoms with Gasteiger partial charge in [-0.25, -0.2) is 4.68 Å². The van der Waals surface area contributed by atoms with E-state index >= 15 is 0 Å². The zero-order chi connectivity index (χ0) is 28.0. The van der Waals surface area contributed by atoms with E-state index in [9.17, 15) is 14.4 Å². The summed E-state index contributed by atoms with van der Waals surface area (Å²) in [5.41, 5.74) is 0.983. The molecule has 2 amide bonds. The van der Waals surface area contributed by atoms with E-state index in [-0.39, 0.29) is 42.1 Å². The maximum absolute atomic E-state index is 13.4. The quantitative estimate of drug-likeness (QED) is 0.336. The fourth-order valence-corrected chi connectivity index (χ4v) is 4.46. The predicted molar refractivity (Wildman–Crippen MR) is 150 cm³/mol. The van der Waals surface area contributed by atoms with Crippen LogP contribution in [0.1, 0.15) is 56.2 Å². The first kappa shape index (κ1) is 29.0. The highest BCUT2D eigenvalue weighted by atomic mass is 35.5. The normalized spacial score (nSPS) is 12.2.